The van der Waals surface area contributed by atoms with Gasteiger partial charge in [-0.05, 0) is 0 Å². The summed E-state index contributed by atoms with van der Waals surface area (Å²) in [5.41, 5.74) is 0. The van der Waals surface area contributed by atoms with E-state index in [2.05, 4.69) is 143 Å². The molecule has 4 aromatic carbocycles. The van der Waals surface area contributed by atoms with E-state index in [9.17, 15) is 0 Å². The number of alkyl halides is 4. The van der Waals surface area contributed by atoms with Gasteiger partial charge < -0.3 is 0 Å². The fourth-order valence-electron chi connectivity index (χ4n) is 4.22. The molecule has 198 valence electrons. The normalized spacial score (nSPS) is 11.8. The molecule has 0 radical (unpaired) electrons. The molecule has 0 aliphatic carbocycles. The zero-order chi connectivity index (χ0) is 26.4. The second kappa shape index (κ2) is 16.7. The van der Waals surface area contributed by atoms with E-state index in [4.69, 9.17) is 0 Å². The summed E-state index contributed by atoms with van der Waals surface area (Å²) in [5, 5.41) is 6.03. The number of rotatable bonds is 15. The third-order valence-electron chi connectivity index (χ3n) is 6.26. The SMILES string of the molecule is C=CI(CCCCI(C=C)CP(c1ccccc1)c1ccccc1)CP(c1ccccc1)c1ccccc1. The van der Waals surface area contributed by atoms with Crippen molar-refractivity contribution in [3.05, 3.63) is 143 Å². The van der Waals surface area contributed by atoms with Crippen molar-refractivity contribution in [2.75, 3.05) is 17.2 Å². The number of hydrogen-bond donors (Lipinski definition) is 0. The van der Waals surface area contributed by atoms with Gasteiger partial charge in [0.25, 0.3) is 0 Å². The Morgan fingerprint density at radius 2 is 0.711 bits per heavy atom. The minimum absolute atomic E-state index is 0.301. The Morgan fingerprint density at radius 1 is 0.447 bits per heavy atom. The Balaban J connectivity index is 1.34. The van der Waals surface area contributed by atoms with Gasteiger partial charge in [0.2, 0.25) is 0 Å². The van der Waals surface area contributed by atoms with Crippen LogP contribution in [0.15, 0.2) is 143 Å². The molecule has 0 aliphatic rings. The van der Waals surface area contributed by atoms with Crippen LogP contribution in [0.5, 0.6) is 0 Å². The number of hydrogen-bond acceptors (Lipinski definition) is 0. The second-order valence-electron chi connectivity index (χ2n) is 8.83. The van der Waals surface area contributed by atoms with E-state index < -0.39 is 39.6 Å². The summed E-state index contributed by atoms with van der Waals surface area (Å²) in [5.74, 6) is 0. The Morgan fingerprint density at radius 3 is 0.947 bits per heavy atom. The first-order valence-corrected chi connectivity index (χ1v) is 24.6. The van der Waals surface area contributed by atoms with Gasteiger partial charge in [-0.1, -0.05) is 0 Å². The summed E-state index contributed by atoms with van der Waals surface area (Å²) in [6.45, 7) is 8.63. The first-order valence-electron chi connectivity index (χ1n) is 13.0. The van der Waals surface area contributed by atoms with Crippen LogP contribution in [0.1, 0.15) is 12.8 Å². The fraction of sp³-hybridized carbons (Fsp3) is 0.176. The topological polar surface area (TPSA) is 0 Å². The van der Waals surface area contributed by atoms with E-state index in [0.717, 1.165) is 0 Å². The van der Waals surface area contributed by atoms with Crippen molar-refractivity contribution in [3.8, 4) is 0 Å². The van der Waals surface area contributed by atoms with Gasteiger partial charge in [-0.2, -0.15) is 0 Å². The van der Waals surface area contributed by atoms with E-state index >= 15 is 0 Å². The molecule has 0 unspecified atom stereocenters. The quantitative estimate of drug-likeness (QED) is 0.0491. The van der Waals surface area contributed by atoms with Crippen LogP contribution in [-0.4, -0.2) is 17.2 Å². The predicted octanol–water partition coefficient (Wildman–Crippen LogP) is 9.25. The molecule has 0 saturated carbocycles. The van der Waals surface area contributed by atoms with Crippen LogP contribution >= 0.6 is 55.5 Å². The van der Waals surface area contributed by atoms with Crippen molar-refractivity contribution in [1.29, 1.82) is 0 Å². The van der Waals surface area contributed by atoms with Crippen molar-refractivity contribution in [3.63, 3.8) is 0 Å². The minimum atomic E-state index is -1.22. The van der Waals surface area contributed by atoms with Crippen LogP contribution in [0.25, 0.3) is 0 Å². The summed E-state index contributed by atoms with van der Waals surface area (Å²) < 4.78 is 10.2. The molecule has 4 heteroatoms. The molecule has 0 spiro atoms. The summed E-state index contributed by atoms with van der Waals surface area (Å²) in [7, 11) is -0.602. The number of benzene rings is 4. The monoisotopic (exact) mass is 762 g/mol. The molecule has 0 atom stereocenters. The van der Waals surface area contributed by atoms with Crippen LogP contribution in [0.4, 0.5) is 0 Å². The summed E-state index contributed by atoms with van der Waals surface area (Å²) in [4.78, 5) is 0. The van der Waals surface area contributed by atoms with Gasteiger partial charge in [0.15, 0.2) is 0 Å². The zero-order valence-electron chi connectivity index (χ0n) is 22.0. The van der Waals surface area contributed by atoms with Crippen LogP contribution in [0.2, 0.25) is 0 Å². The second-order valence-corrected chi connectivity index (χ2v) is 26.8. The van der Waals surface area contributed by atoms with E-state index in [1.807, 2.05) is 0 Å². The van der Waals surface area contributed by atoms with Gasteiger partial charge in [-0.3, -0.25) is 0 Å². The third kappa shape index (κ3) is 9.12. The van der Waals surface area contributed by atoms with E-state index in [1.165, 1.54) is 51.3 Å². The number of halogens is 2. The van der Waals surface area contributed by atoms with E-state index in [0.29, 0.717) is 0 Å². The van der Waals surface area contributed by atoms with Gasteiger partial charge in [-0.15, -0.1) is 0 Å². The predicted molar refractivity (Wildman–Crippen MR) is 195 cm³/mol. The molecule has 4 rings (SSSR count). The van der Waals surface area contributed by atoms with Crippen LogP contribution in [0.3, 0.4) is 0 Å². The van der Waals surface area contributed by atoms with E-state index in [1.54, 1.807) is 0 Å². The van der Waals surface area contributed by atoms with Gasteiger partial charge in [-0.25, -0.2) is 0 Å². The van der Waals surface area contributed by atoms with Gasteiger partial charge in [0.1, 0.15) is 0 Å². The van der Waals surface area contributed by atoms with Crippen molar-refractivity contribution in [1.82, 2.24) is 0 Å². The standard InChI is InChI=1S/C34H38I2P2/c1-3-35(29-37(31-19-9-5-10-20-31)32-21-11-6-12-22-32)27-17-18-28-36(4-2)30-38(33-23-13-7-14-24-33)34-25-15-8-16-26-34/h3-16,19-26H,1-2,17-18,27-30H2. The molecule has 0 fully saturated rings. The molecule has 0 N–H and O–H groups in total. The van der Waals surface area contributed by atoms with Crippen molar-refractivity contribution in [2.45, 2.75) is 12.8 Å². The molecule has 0 nitrogen and oxygen atoms in total. The summed E-state index contributed by atoms with van der Waals surface area (Å²) in [6, 6.07) is 44.7. The molecule has 4 aromatic rings. The molecule has 0 bridgehead atoms. The first kappa shape index (κ1) is 29.7. The van der Waals surface area contributed by atoms with Crippen molar-refractivity contribution < 1.29 is 0 Å². The van der Waals surface area contributed by atoms with Gasteiger partial charge in [0.05, 0.1) is 0 Å². The summed E-state index contributed by atoms with van der Waals surface area (Å²) in [6.07, 6.45) is 2.69. The van der Waals surface area contributed by atoms with Crippen LogP contribution in [0, 0.1) is 0 Å². The Hall–Kier alpha value is -1.32. The molecule has 0 saturated heterocycles. The average molecular weight is 762 g/mol. The average Bonchev–Trinajstić information content (AvgIpc) is 3.00. The Labute approximate surface area is 247 Å². The molecular weight excluding hydrogens is 724 g/mol. The van der Waals surface area contributed by atoms with Crippen LogP contribution in [-0.2, 0) is 0 Å². The third-order valence-corrected chi connectivity index (χ3v) is 27.2. The van der Waals surface area contributed by atoms with Crippen LogP contribution < -0.4 is 21.2 Å². The molecule has 0 aliphatic heterocycles. The van der Waals surface area contributed by atoms with Gasteiger partial charge in [0, 0.05) is 0 Å². The van der Waals surface area contributed by atoms with Crippen molar-refractivity contribution >= 4 is 76.7 Å². The molecular formula is C34H38I2P2. The number of unbranched alkanes of at least 4 members (excludes halogenated alkanes) is 1. The maximum absolute atomic E-state index is 4.31. The van der Waals surface area contributed by atoms with E-state index in [-0.39, 0.29) is 15.8 Å². The molecule has 0 amide bonds. The molecule has 0 heterocycles. The fourth-order valence-corrected chi connectivity index (χ4v) is 26.2. The molecule has 38 heavy (non-hydrogen) atoms. The van der Waals surface area contributed by atoms with Gasteiger partial charge >= 0.3 is 249 Å². The van der Waals surface area contributed by atoms with Crippen molar-refractivity contribution in [2.24, 2.45) is 0 Å². The first-order chi connectivity index (χ1) is 18.8. The Kier molecular flexibility index (Phi) is 13.0. The molecule has 0 aromatic heterocycles. The maximum atomic E-state index is 4.31. The Bertz CT molecular complexity index is 1040. The zero-order valence-corrected chi connectivity index (χ0v) is 28.1. The summed E-state index contributed by atoms with van der Waals surface area (Å²) >= 11 is -2.44.